The molecule has 11 heteroatoms. The summed E-state index contributed by atoms with van der Waals surface area (Å²) in [5, 5.41) is 10.6. The Morgan fingerprint density at radius 2 is 1.55 bits per heavy atom. The number of non-ortho nitro benzene ring substituents is 1. The molecule has 2 fully saturated rings. The van der Waals surface area contributed by atoms with Crippen molar-refractivity contribution in [1.29, 1.82) is 0 Å². The zero-order valence-corrected chi connectivity index (χ0v) is 17.8. The maximum absolute atomic E-state index is 12.8. The highest BCUT2D eigenvalue weighted by Gasteiger charge is 2.31. The molecule has 1 amide bonds. The second-order valence-electron chi connectivity index (χ2n) is 7.64. The van der Waals surface area contributed by atoms with Crippen molar-refractivity contribution < 1.29 is 22.6 Å². The van der Waals surface area contributed by atoms with Gasteiger partial charge in [-0.1, -0.05) is 6.42 Å². The third-order valence-electron chi connectivity index (χ3n) is 5.69. The molecule has 0 radical (unpaired) electrons. The second-order valence-corrected chi connectivity index (χ2v) is 9.51. The van der Waals surface area contributed by atoms with Crippen LogP contribution in [0.1, 0.15) is 29.8 Å². The van der Waals surface area contributed by atoms with Gasteiger partial charge in [0.25, 0.3) is 21.6 Å². The summed E-state index contributed by atoms with van der Waals surface area (Å²) in [6.07, 6.45) is 2.66. The Bertz CT molecular complexity index is 1050. The molecule has 2 aliphatic rings. The van der Waals surface area contributed by atoms with Crippen molar-refractivity contribution >= 4 is 27.3 Å². The van der Waals surface area contributed by atoms with Crippen molar-refractivity contribution in [3.8, 4) is 0 Å². The summed E-state index contributed by atoms with van der Waals surface area (Å²) >= 11 is 0. The van der Waals surface area contributed by atoms with Crippen LogP contribution < -0.4 is 4.90 Å². The van der Waals surface area contributed by atoms with Crippen LogP contribution in [0.5, 0.6) is 0 Å². The van der Waals surface area contributed by atoms with Crippen molar-refractivity contribution in [3.05, 3.63) is 52.3 Å². The minimum Gasteiger partial charge on any atom is -0.438 e. The van der Waals surface area contributed by atoms with Crippen molar-refractivity contribution in [2.24, 2.45) is 0 Å². The van der Waals surface area contributed by atoms with E-state index in [0.717, 1.165) is 24.9 Å². The van der Waals surface area contributed by atoms with E-state index in [2.05, 4.69) is 0 Å². The first kappa shape index (κ1) is 21.3. The number of rotatable bonds is 5. The number of hydrogen-bond donors (Lipinski definition) is 0. The molecule has 0 unspecified atom stereocenters. The van der Waals surface area contributed by atoms with Crippen molar-refractivity contribution in [2.45, 2.75) is 24.4 Å². The van der Waals surface area contributed by atoms with Gasteiger partial charge in [0.2, 0.25) is 5.09 Å². The first-order valence-corrected chi connectivity index (χ1v) is 11.7. The molecule has 4 rings (SSSR count). The molecule has 0 atom stereocenters. The lowest BCUT2D eigenvalue weighted by Gasteiger charge is -2.35. The molecular weight excluding hydrogens is 424 g/mol. The Morgan fingerprint density at radius 3 is 2.16 bits per heavy atom. The molecule has 0 saturated carbocycles. The number of carbonyl (C=O) groups is 1. The van der Waals surface area contributed by atoms with E-state index in [1.165, 1.54) is 28.6 Å². The van der Waals surface area contributed by atoms with Gasteiger partial charge in [0, 0.05) is 57.1 Å². The van der Waals surface area contributed by atoms with Crippen LogP contribution in [-0.4, -0.2) is 67.7 Å². The number of piperidine rings is 1. The topological polar surface area (TPSA) is 117 Å². The van der Waals surface area contributed by atoms with Gasteiger partial charge < -0.3 is 14.2 Å². The first-order valence-electron chi connectivity index (χ1n) is 10.2. The molecule has 166 valence electrons. The number of piperazine rings is 1. The summed E-state index contributed by atoms with van der Waals surface area (Å²) in [5.41, 5.74) is 0.885. The quantitative estimate of drug-likeness (QED) is 0.509. The minimum absolute atomic E-state index is 0.0133. The predicted molar refractivity (Wildman–Crippen MR) is 113 cm³/mol. The van der Waals surface area contributed by atoms with Crippen LogP contribution in [0.3, 0.4) is 0 Å². The van der Waals surface area contributed by atoms with Crippen LogP contribution in [0.15, 0.2) is 45.9 Å². The third-order valence-corrected chi connectivity index (χ3v) is 7.47. The second kappa shape index (κ2) is 8.67. The highest BCUT2D eigenvalue weighted by molar-refractivity contribution is 7.89. The van der Waals surface area contributed by atoms with Gasteiger partial charge in [0.1, 0.15) is 0 Å². The van der Waals surface area contributed by atoms with Crippen LogP contribution in [0.2, 0.25) is 0 Å². The van der Waals surface area contributed by atoms with E-state index in [1.807, 2.05) is 4.90 Å². The number of benzene rings is 1. The summed E-state index contributed by atoms with van der Waals surface area (Å²) < 4.78 is 32.3. The van der Waals surface area contributed by atoms with Crippen molar-refractivity contribution in [2.75, 3.05) is 44.2 Å². The van der Waals surface area contributed by atoms with E-state index in [9.17, 15) is 23.3 Å². The summed E-state index contributed by atoms with van der Waals surface area (Å²) in [6, 6.07) is 9.08. The number of anilines is 1. The first-order chi connectivity index (χ1) is 14.9. The van der Waals surface area contributed by atoms with Gasteiger partial charge in [-0.2, -0.15) is 4.31 Å². The third kappa shape index (κ3) is 4.42. The van der Waals surface area contributed by atoms with E-state index >= 15 is 0 Å². The average Bonchev–Trinajstić information content (AvgIpc) is 3.31. The standard InChI is InChI=1S/C20H24N4O6S/c25-20(18-8-9-19(30-18)31(28,29)23-10-2-1-3-11-23)22-14-12-21(13-15-22)16-4-6-17(7-5-16)24(26)27/h4-9H,1-3,10-15H2. The fourth-order valence-corrected chi connectivity index (χ4v) is 5.34. The molecule has 2 aliphatic heterocycles. The van der Waals surface area contributed by atoms with Gasteiger partial charge in [-0.25, -0.2) is 8.42 Å². The van der Waals surface area contributed by atoms with E-state index < -0.39 is 14.9 Å². The molecule has 0 aliphatic carbocycles. The SMILES string of the molecule is O=C(c1ccc(S(=O)(=O)N2CCCCC2)o1)N1CCN(c2ccc([N+](=O)[O-])cc2)CC1. The molecule has 31 heavy (non-hydrogen) atoms. The highest BCUT2D eigenvalue weighted by Crippen LogP contribution is 2.24. The molecule has 2 aromatic rings. The van der Waals surface area contributed by atoms with Gasteiger partial charge in [-0.3, -0.25) is 14.9 Å². The molecule has 1 aromatic carbocycles. The van der Waals surface area contributed by atoms with Gasteiger partial charge >= 0.3 is 0 Å². The highest BCUT2D eigenvalue weighted by atomic mass is 32.2. The maximum Gasteiger partial charge on any atom is 0.289 e. The Morgan fingerprint density at radius 1 is 0.903 bits per heavy atom. The predicted octanol–water partition coefficient (Wildman–Crippen LogP) is 2.32. The summed E-state index contributed by atoms with van der Waals surface area (Å²) in [4.78, 5) is 26.8. The van der Waals surface area contributed by atoms with E-state index in [4.69, 9.17) is 4.42 Å². The monoisotopic (exact) mass is 448 g/mol. The molecule has 0 spiro atoms. The molecular formula is C20H24N4O6S. The fraction of sp³-hybridized carbons (Fsp3) is 0.450. The van der Waals surface area contributed by atoms with E-state index in [1.54, 1.807) is 17.0 Å². The van der Waals surface area contributed by atoms with Crippen LogP contribution in [0.25, 0.3) is 0 Å². The number of amides is 1. The van der Waals surface area contributed by atoms with Crippen LogP contribution in [-0.2, 0) is 10.0 Å². The molecule has 2 saturated heterocycles. The Kier molecular flexibility index (Phi) is 5.96. The minimum atomic E-state index is -3.72. The van der Waals surface area contributed by atoms with Crippen LogP contribution >= 0.6 is 0 Å². The Hall–Kier alpha value is -2.92. The molecule has 10 nitrogen and oxygen atoms in total. The lowest BCUT2D eigenvalue weighted by Crippen LogP contribution is -2.48. The van der Waals surface area contributed by atoms with Crippen LogP contribution in [0, 0.1) is 10.1 Å². The average molecular weight is 449 g/mol. The number of furan rings is 1. The number of nitro benzene ring substituents is 1. The summed E-state index contributed by atoms with van der Waals surface area (Å²) in [5.74, 6) is -0.331. The number of sulfonamides is 1. The Labute approximate surface area is 180 Å². The van der Waals surface area contributed by atoms with Gasteiger partial charge in [0.15, 0.2) is 5.76 Å². The Balaban J connectivity index is 1.38. The number of nitrogens with zero attached hydrogens (tertiary/aromatic N) is 4. The lowest BCUT2D eigenvalue weighted by molar-refractivity contribution is -0.384. The van der Waals surface area contributed by atoms with Gasteiger partial charge in [0.05, 0.1) is 4.92 Å². The molecule has 1 aromatic heterocycles. The van der Waals surface area contributed by atoms with E-state index in [0.29, 0.717) is 39.3 Å². The van der Waals surface area contributed by atoms with Gasteiger partial charge in [-0.05, 0) is 37.1 Å². The summed E-state index contributed by atoms with van der Waals surface area (Å²) in [7, 11) is -3.72. The smallest absolute Gasteiger partial charge is 0.289 e. The van der Waals surface area contributed by atoms with Gasteiger partial charge in [-0.15, -0.1) is 0 Å². The van der Waals surface area contributed by atoms with Crippen molar-refractivity contribution in [1.82, 2.24) is 9.21 Å². The van der Waals surface area contributed by atoms with Crippen molar-refractivity contribution in [3.63, 3.8) is 0 Å². The van der Waals surface area contributed by atoms with Crippen LogP contribution in [0.4, 0.5) is 11.4 Å². The number of nitro groups is 1. The summed E-state index contributed by atoms with van der Waals surface area (Å²) in [6.45, 7) is 2.93. The molecule has 3 heterocycles. The fourth-order valence-electron chi connectivity index (χ4n) is 3.91. The molecule has 0 N–H and O–H groups in total. The largest absolute Gasteiger partial charge is 0.438 e. The van der Waals surface area contributed by atoms with E-state index in [-0.39, 0.29) is 22.4 Å². The maximum atomic E-state index is 12.8. The number of carbonyl (C=O) groups excluding carboxylic acids is 1. The zero-order chi connectivity index (χ0) is 22.0. The normalized spacial score (nSPS) is 18.2. The zero-order valence-electron chi connectivity index (χ0n) is 17.0. The molecule has 0 bridgehead atoms. The number of hydrogen-bond acceptors (Lipinski definition) is 7. The lowest BCUT2D eigenvalue weighted by atomic mass is 10.2.